The van der Waals surface area contributed by atoms with Gasteiger partial charge in [-0.05, 0) is 87.8 Å². The van der Waals surface area contributed by atoms with Gasteiger partial charge in [-0.3, -0.25) is 9.69 Å². The number of piperidine rings is 1. The van der Waals surface area contributed by atoms with Crippen LogP contribution in [0.2, 0.25) is 0 Å². The van der Waals surface area contributed by atoms with Crippen LogP contribution < -0.4 is 4.74 Å². The predicted octanol–water partition coefficient (Wildman–Crippen LogP) is 7.79. The zero-order valence-corrected chi connectivity index (χ0v) is 24.3. The third-order valence-electron chi connectivity index (χ3n) is 7.42. The Kier molecular flexibility index (Phi) is 13.6. The van der Waals surface area contributed by atoms with E-state index in [0.717, 1.165) is 31.9 Å². The quantitative estimate of drug-likeness (QED) is 0.143. The van der Waals surface area contributed by atoms with Crippen molar-refractivity contribution in [3.63, 3.8) is 0 Å². The third-order valence-corrected chi connectivity index (χ3v) is 7.42. The van der Waals surface area contributed by atoms with Crippen LogP contribution in [-0.2, 0) is 13.1 Å². The lowest BCUT2D eigenvalue weighted by Gasteiger charge is -2.26. The van der Waals surface area contributed by atoms with Crippen LogP contribution in [0.5, 0.6) is 5.75 Å². The fourth-order valence-corrected chi connectivity index (χ4v) is 5.23. The topological polar surface area (TPSA) is 32.8 Å². The molecule has 1 fully saturated rings. The first-order valence-electron chi connectivity index (χ1n) is 14.5. The van der Waals surface area contributed by atoms with Crippen molar-refractivity contribution < 1.29 is 9.53 Å². The molecule has 1 saturated heterocycles. The third kappa shape index (κ3) is 10.8. The van der Waals surface area contributed by atoms with E-state index >= 15 is 0 Å². The molecule has 0 aliphatic carbocycles. The van der Waals surface area contributed by atoms with Crippen molar-refractivity contribution in [2.24, 2.45) is 0 Å². The number of carbonyl (C=O) groups is 1. The standard InChI is InChI=1S/C34H44N2O2.ClH/c1-35(27-29-13-7-5-8-14-29)28-30-15-17-31(18-16-30)34(37)32-19-21-33(22-20-32)38-26-12-4-2-3-9-23-36-24-10-6-11-25-36;/h5,7-8,13-22H,2-4,6,9-12,23-28H2,1H3;1H. The molecule has 0 N–H and O–H groups in total. The predicted molar refractivity (Wildman–Crippen MR) is 164 cm³/mol. The van der Waals surface area contributed by atoms with Gasteiger partial charge in [-0.15, -0.1) is 12.4 Å². The second-order valence-electron chi connectivity index (χ2n) is 10.7. The van der Waals surface area contributed by atoms with E-state index in [9.17, 15) is 4.79 Å². The monoisotopic (exact) mass is 548 g/mol. The summed E-state index contributed by atoms with van der Waals surface area (Å²) < 4.78 is 5.92. The smallest absolute Gasteiger partial charge is 0.193 e. The van der Waals surface area contributed by atoms with Crippen molar-refractivity contribution in [3.05, 3.63) is 101 Å². The lowest BCUT2D eigenvalue weighted by atomic mass is 10.0. The normalized spacial score (nSPS) is 13.7. The minimum atomic E-state index is 0. The second kappa shape index (κ2) is 17.1. The van der Waals surface area contributed by atoms with E-state index in [1.807, 2.05) is 42.5 Å². The van der Waals surface area contributed by atoms with Gasteiger partial charge in [0.1, 0.15) is 5.75 Å². The van der Waals surface area contributed by atoms with Crippen molar-refractivity contribution in [1.82, 2.24) is 9.80 Å². The average Bonchev–Trinajstić information content (AvgIpc) is 2.96. The van der Waals surface area contributed by atoms with Gasteiger partial charge in [0.25, 0.3) is 0 Å². The number of rotatable bonds is 15. The summed E-state index contributed by atoms with van der Waals surface area (Å²) in [6, 6.07) is 26.0. The number of halogens is 1. The van der Waals surface area contributed by atoms with Crippen LogP contribution in [0.4, 0.5) is 0 Å². The van der Waals surface area contributed by atoms with Gasteiger partial charge in [0.05, 0.1) is 6.61 Å². The Hall–Kier alpha value is -2.66. The summed E-state index contributed by atoms with van der Waals surface area (Å²) in [5, 5.41) is 0. The molecular formula is C34H45ClN2O2. The van der Waals surface area contributed by atoms with Gasteiger partial charge in [0, 0.05) is 24.2 Å². The fourth-order valence-electron chi connectivity index (χ4n) is 5.23. The van der Waals surface area contributed by atoms with Crippen LogP contribution in [0, 0.1) is 0 Å². The molecule has 1 aliphatic rings. The zero-order valence-electron chi connectivity index (χ0n) is 23.5. The molecule has 0 spiro atoms. The molecule has 39 heavy (non-hydrogen) atoms. The highest BCUT2D eigenvalue weighted by Gasteiger charge is 2.11. The molecule has 0 bridgehead atoms. The Labute approximate surface area is 241 Å². The molecule has 1 aliphatic heterocycles. The maximum absolute atomic E-state index is 13.0. The Morgan fingerprint density at radius 3 is 1.95 bits per heavy atom. The lowest BCUT2D eigenvalue weighted by Crippen LogP contribution is -2.30. The van der Waals surface area contributed by atoms with Crippen molar-refractivity contribution in [1.29, 1.82) is 0 Å². The van der Waals surface area contributed by atoms with E-state index in [2.05, 4.69) is 53.2 Å². The molecule has 0 aromatic heterocycles. The van der Waals surface area contributed by atoms with Gasteiger partial charge in [-0.2, -0.15) is 0 Å². The number of nitrogens with zero attached hydrogens (tertiary/aromatic N) is 2. The second-order valence-corrected chi connectivity index (χ2v) is 10.7. The van der Waals surface area contributed by atoms with E-state index in [0.29, 0.717) is 11.1 Å². The molecule has 0 atom stereocenters. The summed E-state index contributed by atoms with van der Waals surface area (Å²) in [5.41, 5.74) is 3.91. The zero-order chi connectivity index (χ0) is 26.4. The highest BCUT2D eigenvalue weighted by molar-refractivity contribution is 6.09. The molecule has 1 heterocycles. The molecule has 0 saturated carbocycles. The van der Waals surface area contributed by atoms with E-state index in [1.165, 1.54) is 75.7 Å². The summed E-state index contributed by atoms with van der Waals surface area (Å²) in [6.45, 7) is 6.36. The maximum Gasteiger partial charge on any atom is 0.193 e. The summed E-state index contributed by atoms with van der Waals surface area (Å²) in [6.07, 6.45) is 10.4. The van der Waals surface area contributed by atoms with Gasteiger partial charge in [0.15, 0.2) is 5.78 Å². The fraction of sp³-hybridized carbons (Fsp3) is 0.441. The van der Waals surface area contributed by atoms with Crippen LogP contribution >= 0.6 is 12.4 Å². The average molecular weight is 549 g/mol. The van der Waals surface area contributed by atoms with Crippen LogP contribution in [0.1, 0.15) is 78.4 Å². The van der Waals surface area contributed by atoms with Gasteiger partial charge < -0.3 is 9.64 Å². The molecule has 4 nitrogen and oxygen atoms in total. The van der Waals surface area contributed by atoms with E-state index < -0.39 is 0 Å². The van der Waals surface area contributed by atoms with Gasteiger partial charge in [-0.1, -0.05) is 80.3 Å². The number of ketones is 1. The number of unbranched alkanes of at least 4 members (excludes halogenated alkanes) is 4. The van der Waals surface area contributed by atoms with Crippen LogP contribution in [0.15, 0.2) is 78.9 Å². The van der Waals surface area contributed by atoms with Gasteiger partial charge >= 0.3 is 0 Å². The summed E-state index contributed by atoms with van der Waals surface area (Å²) in [5.74, 6) is 0.883. The highest BCUT2D eigenvalue weighted by Crippen LogP contribution is 2.18. The van der Waals surface area contributed by atoms with Crippen molar-refractivity contribution in [3.8, 4) is 5.75 Å². The number of benzene rings is 3. The first-order chi connectivity index (χ1) is 18.7. The summed E-state index contributed by atoms with van der Waals surface area (Å²) in [4.78, 5) is 17.9. The lowest BCUT2D eigenvalue weighted by molar-refractivity contribution is 0.103. The molecule has 5 heteroatoms. The van der Waals surface area contributed by atoms with Crippen molar-refractivity contribution >= 4 is 18.2 Å². The van der Waals surface area contributed by atoms with Gasteiger partial charge in [0.2, 0.25) is 0 Å². The minimum absolute atomic E-state index is 0. The Bertz CT molecular complexity index is 1080. The molecule has 0 radical (unpaired) electrons. The first-order valence-corrected chi connectivity index (χ1v) is 14.5. The van der Waals surface area contributed by atoms with Crippen LogP contribution in [0.3, 0.4) is 0 Å². The molecule has 4 rings (SSSR count). The largest absolute Gasteiger partial charge is 0.494 e. The van der Waals surface area contributed by atoms with Crippen LogP contribution in [0.25, 0.3) is 0 Å². The Morgan fingerprint density at radius 2 is 1.28 bits per heavy atom. The van der Waals surface area contributed by atoms with Crippen molar-refractivity contribution in [2.45, 2.75) is 64.5 Å². The van der Waals surface area contributed by atoms with E-state index in [4.69, 9.17) is 4.74 Å². The molecule has 0 unspecified atom stereocenters. The molecule has 210 valence electrons. The molecular weight excluding hydrogens is 504 g/mol. The van der Waals surface area contributed by atoms with Crippen LogP contribution in [-0.4, -0.2) is 48.9 Å². The van der Waals surface area contributed by atoms with Gasteiger partial charge in [-0.25, -0.2) is 0 Å². The summed E-state index contributed by atoms with van der Waals surface area (Å²) >= 11 is 0. The SMILES string of the molecule is CN(Cc1ccccc1)Cc1ccc(C(=O)c2ccc(OCCCCCCCN3CCCCC3)cc2)cc1.Cl. The van der Waals surface area contributed by atoms with E-state index in [1.54, 1.807) is 0 Å². The molecule has 0 amide bonds. The Morgan fingerprint density at radius 1 is 0.718 bits per heavy atom. The summed E-state index contributed by atoms with van der Waals surface area (Å²) in [7, 11) is 2.12. The number of ether oxygens (including phenoxy) is 1. The number of hydrogen-bond donors (Lipinski definition) is 0. The first kappa shape index (κ1) is 30.9. The minimum Gasteiger partial charge on any atom is -0.494 e. The molecule has 3 aromatic carbocycles. The maximum atomic E-state index is 13.0. The molecule has 3 aromatic rings. The Balaban J connectivity index is 0.00000420. The highest BCUT2D eigenvalue weighted by atomic mass is 35.5. The number of carbonyl (C=O) groups excluding carboxylic acids is 1. The van der Waals surface area contributed by atoms with E-state index in [-0.39, 0.29) is 18.2 Å². The number of hydrogen-bond acceptors (Lipinski definition) is 4. The number of likely N-dealkylation sites (tertiary alicyclic amines) is 1. The van der Waals surface area contributed by atoms with Crippen molar-refractivity contribution in [2.75, 3.05) is 33.3 Å².